The fraction of sp³-hybridized carbons (Fsp3) is 0.690. The quantitative estimate of drug-likeness (QED) is 0.0136. The lowest BCUT2D eigenvalue weighted by Crippen LogP contribution is -2.49. The molecule has 20 nitrogen and oxygen atoms in total. The molecule has 10 unspecified atom stereocenters. The van der Waals surface area contributed by atoms with E-state index in [1.807, 2.05) is 57.7 Å². The van der Waals surface area contributed by atoms with Crippen LogP contribution >= 0.6 is 11.8 Å². The standard InChI is InChI=1S/C58H87F3N8O12S/c1-9-43(71)37(5)51-44(79-51)31-34(2)15-14-16-35(3)50-36(4)20-25-46(56(6,78)27-26-40(70)32-48(73)81-50)80-55(77)62-28-13-12-17-41(63-52(74)38-21-23-39(24-22-38)57(66-67-57)58(59,60)61)53(75)69(8)30-29-68(7)47(72)19-11-10-18-45-49-42(33-82-45)64-54(76)65-49/h14-16,20-25,34,36-37,40-46,49-51,66-67,70-71,78H,9-13,17-19,26-33H2,1-8H3,(H,62,77)(H,63,74)(H2,64,65,76)/b15-14+,25-20+,35-16+/t34?,36?,37?,40?,41-,42-,43?,44?,45-,46?,49-,50?,51?,56?/m0/s1. The van der Waals surface area contributed by atoms with Gasteiger partial charge >= 0.3 is 24.3 Å². The molecule has 6 amide bonds. The summed E-state index contributed by atoms with van der Waals surface area (Å²) in [5.41, 5.74) is 0.736. The van der Waals surface area contributed by atoms with Crippen molar-refractivity contribution in [1.29, 1.82) is 0 Å². The highest BCUT2D eigenvalue weighted by Crippen LogP contribution is 2.42. The number of likely N-dealkylation sites (N-methyl/N-ethyl adjacent to an activating group) is 2. The minimum absolute atomic E-state index is 0.00234. The number of nitrogens with zero attached hydrogens (tertiary/aromatic N) is 2. The smallest absolute Gasteiger partial charge is 0.426 e. The van der Waals surface area contributed by atoms with Crippen LogP contribution in [0.25, 0.3) is 0 Å². The molecule has 0 spiro atoms. The van der Waals surface area contributed by atoms with Crippen LogP contribution in [-0.4, -0.2) is 172 Å². The number of hydrazine groups is 1. The van der Waals surface area contributed by atoms with Gasteiger partial charge in [-0.15, -0.1) is 0 Å². The number of urea groups is 1. The van der Waals surface area contributed by atoms with Crippen molar-refractivity contribution in [2.45, 2.75) is 196 Å². The van der Waals surface area contributed by atoms with Gasteiger partial charge < -0.3 is 60.6 Å². The maximum atomic E-state index is 14.1. The van der Waals surface area contributed by atoms with Gasteiger partial charge in [0.15, 0.2) is 6.10 Å². The number of fused-ring (bicyclic) bond motifs is 1. The maximum absolute atomic E-state index is 14.1. The van der Waals surface area contributed by atoms with E-state index in [1.165, 1.54) is 36.1 Å². The van der Waals surface area contributed by atoms with Crippen molar-refractivity contribution < 1.29 is 71.5 Å². The molecule has 1 aromatic carbocycles. The van der Waals surface area contributed by atoms with Crippen LogP contribution in [0.1, 0.15) is 135 Å². The predicted molar refractivity (Wildman–Crippen MR) is 303 cm³/mol. The molecule has 5 aliphatic rings. The maximum Gasteiger partial charge on any atom is 0.426 e. The highest BCUT2D eigenvalue weighted by molar-refractivity contribution is 8.00. The molecular formula is C58H87F3N8O12S. The largest absolute Gasteiger partial charge is 0.457 e. The van der Waals surface area contributed by atoms with E-state index < -0.39 is 77.7 Å². The van der Waals surface area contributed by atoms with Gasteiger partial charge in [0.05, 0.1) is 42.9 Å². The molecule has 0 aromatic heterocycles. The van der Waals surface area contributed by atoms with Gasteiger partial charge in [-0.3, -0.25) is 19.2 Å². The Bertz CT molecular complexity index is 2450. The third-order valence-corrected chi connectivity index (χ3v) is 17.9. The molecule has 0 aliphatic carbocycles. The Morgan fingerprint density at radius 2 is 1.72 bits per heavy atom. The molecule has 0 bridgehead atoms. The number of esters is 1. The van der Waals surface area contributed by atoms with Crippen LogP contribution in [0.15, 0.2) is 60.2 Å². The molecule has 5 heterocycles. The van der Waals surface area contributed by atoms with Crippen molar-refractivity contribution in [2.75, 3.05) is 39.5 Å². The number of hydrogen-bond donors (Lipinski definition) is 9. The van der Waals surface area contributed by atoms with Crippen molar-refractivity contribution in [1.82, 2.24) is 41.9 Å². The van der Waals surface area contributed by atoms with Crippen LogP contribution in [-0.2, 0) is 34.3 Å². The fourth-order valence-electron chi connectivity index (χ4n) is 10.7. The van der Waals surface area contributed by atoms with Gasteiger partial charge in [-0.05, 0) is 107 Å². The Morgan fingerprint density at radius 1 is 1.01 bits per heavy atom. The van der Waals surface area contributed by atoms with Gasteiger partial charge in [0, 0.05) is 68.6 Å². The first kappa shape index (κ1) is 65.9. The summed E-state index contributed by atoms with van der Waals surface area (Å²) in [6.07, 6.45) is 4.53. The number of epoxide rings is 1. The Balaban J connectivity index is 1.02. The van der Waals surface area contributed by atoms with E-state index in [1.54, 1.807) is 31.1 Å². The number of alkyl halides is 3. The van der Waals surface area contributed by atoms with Crippen molar-refractivity contribution in [2.24, 2.45) is 17.8 Å². The Kier molecular flexibility index (Phi) is 23.7. The molecule has 6 rings (SSSR count). The second-order valence-corrected chi connectivity index (χ2v) is 24.5. The van der Waals surface area contributed by atoms with Gasteiger partial charge in [0.2, 0.25) is 17.5 Å². The number of rotatable bonds is 26. The van der Waals surface area contributed by atoms with Gasteiger partial charge in [-0.1, -0.05) is 70.6 Å². The second-order valence-electron chi connectivity index (χ2n) is 23.2. The molecule has 24 heteroatoms. The number of nitrogens with one attached hydrogen (secondary N) is 6. The summed E-state index contributed by atoms with van der Waals surface area (Å²) in [7, 11) is 3.20. The number of benzene rings is 1. The van der Waals surface area contributed by atoms with Crippen LogP contribution in [0.2, 0.25) is 0 Å². The Morgan fingerprint density at radius 3 is 2.40 bits per heavy atom. The average Bonchev–Trinajstić information content (AvgIpc) is 3.28. The number of halogens is 3. The zero-order valence-electron chi connectivity index (χ0n) is 48.5. The topological polar surface area (TPSA) is 293 Å². The molecule has 4 fully saturated rings. The SMILES string of the molecule is CCC(O)C(C)C1OC1CC(C)/C=C/C=C(\C)C1OC(=O)CC(O)CCC(C)(O)C(OC(=O)NCCCC[C@H](NC(=O)c2ccc(C3(C(F)(F)F)NN3)cc2)C(=O)N(C)CCN(C)C(=O)CCCC[C@@H]2SC[C@@H]3NC(=O)N[C@@H]32)/C=C/C1C. The minimum atomic E-state index is -4.65. The van der Waals surface area contributed by atoms with Gasteiger partial charge in [-0.2, -0.15) is 24.9 Å². The van der Waals surface area contributed by atoms with Crippen molar-refractivity contribution >= 4 is 47.6 Å². The van der Waals surface area contributed by atoms with E-state index in [-0.39, 0.29) is 110 Å². The van der Waals surface area contributed by atoms with Crippen molar-refractivity contribution in [3.8, 4) is 0 Å². The number of ether oxygens (including phenoxy) is 3. The number of aliphatic hydroxyl groups excluding tert-OH is 2. The molecule has 5 aliphatic heterocycles. The van der Waals surface area contributed by atoms with E-state index in [4.69, 9.17) is 14.2 Å². The number of allylic oxidation sites excluding steroid dienone is 3. The first-order valence-electron chi connectivity index (χ1n) is 28.8. The molecule has 1 aromatic rings. The van der Waals surface area contributed by atoms with E-state index in [2.05, 4.69) is 39.0 Å². The third-order valence-electron chi connectivity index (χ3n) is 16.4. The number of carbonyl (C=O) groups is 6. The Hall–Kier alpha value is -5.24. The normalized spacial score (nSPS) is 29.0. The second kappa shape index (κ2) is 29.5. The van der Waals surface area contributed by atoms with E-state index in [0.29, 0.717) is 37.7 Å². The summed E-state index contributed by atoms with van der Waals surface area (Å²) < 4.78 is 58.8. The molecule has 9 N–H and O–H groups in total. The number of cyclic esters (lactones) is 1. The van der Waals surface area contributed by atoms with Gasteiger partial charge in [0.25, 0.3) is 5.91 Å². The predicted octanol–water partition coefficient (Wildman–Crippen LogP) is 5.62. The first-order chi connectivity index (χ1) is 38.7. The average molecular weight is 1180 g/mol. The van der Waals surface area contributed by atoms with Crippen LogP contribution in [0, 0.1) is 17.8 Å². The van der Waals surface area contributed by atoms with Crippen LogP contribution < -0.4 is 32.1 Å². The monoisotopic (exact) mass is 1180 g/mol. The van der Waals surface area contributed by atoms with Crippen molar-refractivity contribution in [3.63, 3.8) is 0 Å². The van der Waals surface area contributed by atoms with E-state index >= 15 is 0 Å². The number of aliphatic hydroxyl groups is 3. The molecule has 82 heavy (non-hydrogen) atoms. The summed E-state index contributed by atoms with van der Waals surface area (Å²) in [5, 5.41) is 44.3. The van der Waals surface area contributed by atoms with Gasteiger partial charge in [-0.25, -0.2) is 20.4 Å². The van der Waals surface area contributed by atoms with Crippen LogP contribution in [0.3, 0.4) is 0 Å². The lowest BCUT2D eigenvalue weighted by molar-refractivity contribution is -0.165. The molecular weight excluding hydrogens is 1090 g/mol. The lowest BCUT2D eigenvalue weighted by atomic mass is 9.88. The highest BCUT2D eigenvalue weighted by atomic mass is 32.2. The molecule has 458 valence electrons. The summed E-state index contributed by atoms with van der Waals surface area (Å²) >= 11 is 1.81. The minimum Gasteiger partial charge on any atom is -0.457 e. The van der Waals surface area contributed by atoms with Crippen LogP contribution in [0.4, 0.5) is 22.8 Å². The van der Waals surface area contributed by atoms with E-state index in [0.717, 1.165) is 25.0 Å². The fourth-order valence-corrected chi connectivity index (χ4v) is 12.3. The summed E-state index contributed by atoms with van der Waals surface area (Å²) in [6.45, 7) is 11.5. The van der Waals surface area contributed by atoms with Crippen molar-refractivity contribution in [3.05, 3.63) is 71.3 Å². The molecule has 14 atom stereocenters. The number of unbranched alkanes of at least 4 members (excludes halogenated alkanes) is 2. The third kappa shape index (κ3) is 18.4. The zero-order chi connectivity index (χ0) is 60.1. The number of carbonyl (C=O) groups excluding carboxylic acids is 6. The number of amides is 6. The summed E-state index contributed by atoms with van der Waals surface area (Å²) in [5.74, 6) is -1.28. The van der Waals surface area contributed by atoms with Crippen LogP contribution in [0.5, 0.6) is 0 Å². The van der Waals surface area contributed by atoms with E-state index in [9.17, 15) is 57.3 Å². The summed E-state index contributed by atoms with van der Waals surface area (Å²) in [4.78, 5) is 81.9. The number of alkyl carbamates (subject to hydrolysis) is 1. The zero-order valence-corrected chi connectivity index (χ0v) is 49.3. The lowest BCUT2D eigenvalue weighted by Gasteiger charge is -2.32. The number of hydrogen-bond acceptors (Lipinski definition) is 15. The Labute approximate surface area is 483 Å². The molecule has 0 saturated carbocycles. The molecule has 4 saturated heterocycles. The highest BCUT2D eigenvalue weighted by Gasteiger charge is 2.65. The number of thioether (sulfide) groups is 1. The first-order valence-corrected chi connectivity index (χ1v) is 29.9. The summed E-state index contributed by atoms with van der Waals surface area (Å²) in [6, 6.07) is 3.77. The van der Waals surface area contributed by atoms with Gasteiger partial charge in [0.1, 0.15) is 17.7 Å². The molecule has 0 radical (unpaired) electrons.